The summed E-state index contributed by atoms with van der Waals surface area (Å²) in [7, 11) is 1.70. The summed E-state index contributed by atoms with van der Waals surface area (Å²) in [6.45, 7) is 2.79. The van der Waals surface area contributed by atoms with Gasteiger partial charge in [-0.25, -0.2) is 4.68 Å². The van der Waals surface area contributed by atoms with Crippen LogP contribution in [0.25, 0.3) is 10.8 Å². The molecule has 1 unspecified atom stereocenters. The minimum absolute atomic E-state index is 0.479. The summed E-state index contributed by atoms with van der Waals surface area (Å²) in [5.74, 6) is 0.892. The van der Waals surface area contributed by atoms with E-state index in [2.05, 4.69) is 39.5 Å². The van der Waals surface area contributed by atoms with E-state index >= 15 is 0 Å². The molecule has 0 amide bonds. The highest BCUT2D eigenvalue weighted by Gasteiger charge is 2.36. The van der Waals surface area contributed by atoms with Crippen LogP contribution in [0.4, 0.5) is 0 Å². The molecule has 1 fully saturated rings. The monoisotopic (exact) mass is 338 g/mol. The first-order valence-electron chi connectivity index (χ1n) is 8.50. The van der Waals surface area contributed by atoms with Gasteiger partial charge in [0, 0.05) is 31.2 Å². The van der Waals surface area contributed by atoms with Gasteiger partial charge in [0.15, 0.2) is 0 Å². The number of rotatable bonds is 5. The molecule has 0 radical (unpaired) electrons. The summed E-state index contributed by atoms with van der Waals surface area (Å²) in [6.07, 6.45) is 4.16. The molecule has 0 bridgehead atoms. The molecule has 1 aliphatic rings. The van der Waals surface area contributed by atoms with Gasteiger partial charge in [0.1, 0.15) is 5.75 Å². The van der Waals surface area contributed by atoms with Crippen molar-refractivity contribution in [2.75, 3.05) is 20.2 Å². The highest BCUT2D eigenvalue weighted by atomic mass is 16.5. The molecular weight excluding hydrogens is 316 g/mol. The lowest BCUT2D eigenvalue weighted by Crippen LogP contribution is -2.37. The largest absolute Gasteiger partial charge is 0.496 e. The quantitative estimate of drug-likeness (QED) is 0.772. The smallest absolute Gasteiger partial charge is 0.126 e. The second-order valence-corrected chi connectivity index (χ2v) is 6.76. The Labute approximate surface area is 146 Å². The maximum absolute atomic E-state index is 10.9. The summed E-state index contributed by atoms with van der Waals surface area (Å²) < 4.78 is 7.18. The van der Waals surface area contributed by atoms with Crippen LogP contribution in [0.1, 0.15) is 12.0 Å². The third kappa shape index (κ3) is 3.23. The fraction of sp³-hybridized carbons (Fsp3) is 0.368. The Kier molecular flexibility index (Phi) is 4.15. The molecule has 3 aromatic rings. The number of fused-ring (bicyclic) bond motifs is 1. The number of aromatic nitrogens is 3. The number of likely N-dealkylation sites (tertiary alicyclic amines) is 1. The number of hydrogen-bond acceptors (Lipinski definition) is 5. The van der Waals surface area contributed by atoms with E-state index in [0.29, 0.717) is 13.1 Å². The lowest BCUT2D eigenvalue weighted by atomic mass is 10.0. The van der Waals surface area contributed by atoms with E-state index in [1.54, 1.807) is 24.2 Å². The minimum atomic E-state index is -0.754. The first-order valence-corrected chi connectivity index (χ1v) is 8.50. The van der Waals surface area contributed by atoms with Gasteiger partial charge in [-0.3, -0.25) is 4.90 Å². The van der Waals surface area contributed by atoms with Crippen molar-refractivity contribution in [2.24, 2.45) is 0 Å². The molecule has 1 atom stereocenters. The van der Waals surface area contributed by atoms with Crippen LogP contribution < -0.4 is 4.74 Å². The molecule has 2 heterocycles. The van der Waals surface area contributed by atoms with Crippen molar-refractivity contribution in [1.29, 1.82) is 0 Å². The van der Waals surface area contributed by atoms with Gasteiger partial charge in [-0.05, 0) is 23.4 Å². The van der Waals surface area contributed by atoms with Gasteiger partial charge in [0.05, 0.1) is 25.5 Å². The zero-order chi connectivity index (χ0) is 17.3. The predicted octanol–water partition coefficient (Wildman–Crippen LogP) is 2.08. The Hall–Kier alpha value is -2.44. The van der Waals surface area contributed by atoms with E-state index in [1.165, 1.54) is 10.9 Å². The van der Waals surface area contributed by atoms with Crippen LogP contribution in [-0.2, 0) is 13.1 Å². The average Bonchev–Trinajstić information content (AvgIpc) is 3.25. The Morgan fingerprint density at radius 2 is 2.04 bits per heavy atom. The highest BCUT2D eigenvalue weighted by Crippen LogP contribution is 2.31. The molecule has 2 aromatic carbocycles. The average molecular weight is 338 g/mol. The molecule has 1 aromatic heterocycles. The lowest BCUT2D eigenvalue weighted by molar-refractivity contribution is 0.0275. The van der Waals surface area contributed by atoms with E-state index in [0.717, 1.165) is 30.6 Å². The van der Waals surface area contributed by atoms with Crippen LogP contribution in [-0.4, -0.2) is 50.8 Å². The number of β-amino-alcohol motifs (C(OH)–C–C–N with tert-alkyl or cyclic N) is 1. The molecular formula is C19H22N4O2. The molecule has 1 saturated heterocycles. The highest BCUT2D eigenvalue weighted by molar-refractivity contribution is 5.91. The number of hydrogen-bond donors (Lipinski definition) is 1. The van der Waals surface area contributed by atoms with Crippen molar-refractivity contribution >= 4 is 10.8 Å². The Morgan fingerprint density at radius 3 is 2.80 bits per heavy atom. The van der Waals surface area contributed by atoms with Crippen molar-refractivity contribution in [2.45, 2.75) is 25.1 Å². The van der Waals surface area contributed by atoms with Gasteiger partial charge in [0.25, 0.3) is 0 Å². The van der Waals surface area contributed by atoms with E-state index in [-0.39, 0.29) is 0 Å². The SMILES string of the molecule is COc1ccc(CN2CCC(O)(Cn3ccnn3)C2)c2ccccc12. The molecule has 0 spiro atoms. The standard InChI is InChI=1S/C19H22N4O2/c1-25-18-7-6-15(16-4-2-3-5-17(16)18)12-22-10-8-19(24,13-22)14-23-11-9-20-21-23/h2-7,9,11,24H,8,10,12-14H2,1H3. The van der Waals surface area contributed by atoms with Crippen molar-refractivity contribution in [3.63, 3.8) is 0 Å². The van der Waals surface area contributed by atoms with Crippen LogP contribution >= 0.6 is 0 Å². The van der Waals surface area contributed by atoms with Crippen molar-refractivity contribution in [1.82, 2.24) is 19.9 Å². The normalized spacial score (nSPS) is 21.0. The van der Waals surface area contributed by atoms with E-state index in [9.17, 15) is 5.11 Å². The second kappa shape index (κ2) is 6.46. The Bertz CT molecular complexity index is 865. The summed E-state index contributed by atoms with van der Waals surface area (Å²) in [5.41, 5.74) is 0.497. The molecule has 0 aliphatic carbocycles. The second-order valence-electron chi connectivity index (χ2n) is 6.76. The van der Waals surface area contributed by atoms with Gasteiger partial charge in [-0.2, -0.15) is 0 Å². The molecule has 6 heteroatoms. The molecule has 25 heavy (non-hydrogen) atoms. The third-order valence-electron chi connectivity index (χ3n) is 4.93. The molecule has 1 aliphatic heterocycles. The third-order valence-corrected chi connectivity index (χ3v) is 4.93. The van der Waals surface area contributed by atoms with Crippen LogP contribution in [0.5, 0.6) is 5.75 Å². The van der Waals surface area contributed by atoms with Gasteiger partial charge in [0.2, 0.25) is 0 Å². The van der Waals surface area contributed by atoms with E-state index in [1.807, 2.05) is 12.1 Å². The molecule has 130 valence electrons. The van der Waals surface area contributed by atoms with Crippen LogP contribution in [0, 0.1) is 0 Å². The van der Waals surface area contributed by atoms with Crippen molar-refractivity contribution in [3.8, 4) is 5.75 Å². The molecule has 4 rings (SSSR count). The van der Waals surface area contributed by atoms with Gasteiger partial charge < -0.3 is 9.84 Å². The number of benzene rings is 2. The zero-order valence-electron chi connectivity index (χ0n) is 14.3. The fourth-order valence-electron chi connectivity index (χ4n) is 3.71. The van der Waals surface area contributed by atoms with E-state index in [4.69, 9.17) is 4.74 Å². The first-order chi connectivity index (χ1) is 12.2. The Balaban J connectivity index is 1.53. The minimum Gasteiger partial charge on any atom is -0.496 e. The van der Waals surface area contributed by atoms with Gasteiger partial charge >= 0.3 is 0 Å². The number of ether oxygens (including phenoxy) is 1. The maximum Gasteiger partial charge on any atom is 0.126 e. The molecule has 1 N–H and O–H groups in total. The van der Waals surface area contributed by atoms with Crippen molar-refractivity contribution < 1.29 is 9.84 Å². The fourth-order valence-corrected chi connectivity index (χ4v) is 3.71. The van der Waals surface area contributed by atoms with Crippen LogP contribution in [0.3, 0.4) is 0 Å². The summed E-state index contributed by atoms with van der Waals surface area (Å²) in [6, 6.07) is 12.4. The predicted molar refractivity (Wildman–Crippen MR) is 95.4 cm³/mol. The topological polar surface area (TPSA) is 63.4 Å². The van der Waals surface area contributed by atoms with Crippen molar-refractivity contribution in [3.05, 3.63) is 54.4 Å². The Morgan fingerprint density at radius 1 is 1.20 bits per heavy atom. The molecule has 0 saturated carbocycles. The maximum atomic E-state index is 10.9. The summed E-state index contributed by atoms with van der Waals surface area (Å²) in [4.78, 5) is 2.30. The zero-order valence-corrected chi connectivity index (χ0v) is 14.3. The van der Waals surface area contributed by atoms with Gasteiger partial charge in [-0.15, -0.1) is 5.10 Å². The molecule has 6 nitrogen and oxygen atoms in total. The summed E-state index contributed by atoms with van der Waals surface area (Å²) in [5, 5.41) is 21.0. The lowest BCUT2D eigenvalue weighted by Gasteiger charge is -2.23. The van der Waals surface area contributed by atoms with Crippen LogP contribution in [0.2, 0.25) is 0 Å². The van der Waals surface area contributed by atoms with Gasteiger partial charge in [-0.1, -0.05) is 35.5 Å². The number of aliphatic hydroxyl groups is 1. The van der Waals surface area contributed by atoms with Crippen LogP contribution in [0.15, 0.2) is 48.8 Å². The number of methoxy groups -OCH3 is 1. The number of nitrogens with zero attached hydrogens (tertiary/aromatic N) is 4. The first kappa shape index (κ1) is 16.1. The van der Waals surface area contributed by atoms with E-state index < -0.39 is 5.60 Å². The summed E-state index contributed by atoms with van der Waals surface area (Å²) >= 11 is 0.